The molecular formula is C25H25N3O3. The van der Waals surface area contributed by atoms with Gasteiger partial charge in [-0.05, 0) is 48.7 Å². The standard InChI is InChI=1S/C25H25N3O3/c1-31-18-7-5-16(6-8-18)13-22(29)17-14-19(20-9-12-26-28-20)23-21(15-17)27-24(30)25(23)10-3-2-4-11-25/h5-9,12,14-15H,2-4,10-11,13H2,1H3,(H,26,28)(H,27,30). The monoisotopic (exact) mass is 415 g/mol. The third kappa shape index (κ3) is 3.32. The van der Waals surface area contributed by atoms with Gasteiger partial charge in [0.1, 0.15) is 5.75 Å². The molecule has 0 atom stereocenters. The van der Waals surface area contributed by atoms with Crippen molar-refractivity contribution in [2.45, 2.75) is 43.9 Å². The number of carbonyl (C=O) groups excluding carboxylic acids is 2. The highest BCUT2D eigenvalue weighted by molar-refractivity contribution is 6.11. The van der Waals surface area contributed by atoms with Gasteiger partial charge in [0.25, 0.3) is 0 Å². The van der Waals surface area contributed by atoms with Crippen LogP contribution in [-0.4, -0.2) is 29.0 Å². The Labute approximate surface area is 181 Å². The van der Waals surface area contributed by atoms with Crippen molar-refractivity contribution >= 4 is 17.4 Å². The van der Waals surface area contributed by atoms with Crippen LogP contribution in [0.25, 0.3) is 11.3 Å². The van der Waals surface area contributed by atoms with Crippen LogP contribution < -0.4 is 10.1 Å². The fraction of sp³-hybridized carbons (Fsp3) is 0.320. The van der Waals surface area contributed by atoms with Crippen molar-refractivity contribution in [3.63, 3.8) is 0 Å². The summed E-state index contributed by atoms with van der Waals surface area (Å²) < 4.78 is 5.20. The fourth-order valence-electron chi connectivity index (χ4n) is 5.05. The molecule has 2 N–H and O–H groups in total. The lowest BCUT2D eigenvalue weighted by Crippen LogP contribution is -2.36. The van der Waals surface area contributed by atoms with Crippen LogP contribution in [0.4, 0.5) is 5.69 Å². The highest BCUT2D eigenvalue weighted by atomic mass is 16.5. The predicted molar refractivity (Wildman–Crippen MR) is 118 cm³/mol. The van der Waals surface area contributed by atoms with Crippen molar-refractivity contribution in [3.8, 4) is 17.0 Å². The number of ether oxygens (including phenoxy) is 1. The quantitative estimate of drug-likeness (QED) is 0.594. The Morgan fingerprint density at radius 1 is 1.10 bits per heavy atom. The third-order valence-corrected chi connectivity index (χ3v) is 6.64. The maximum atomic E-state index is 13.2. The Balaban J connectivity index is 1.56. The van der Waals surface area contributed by atoms with Crippen LogP contribution in [0.2, 0.25) is 0 Å². The molecule has 1 amide bonds. The first kappa shape index (κ1) is 19.5. The molecule has 2 aliphatic rings. The maximum Gasteiger partial charge on any atom is 0.235 e. The first-order valence-corrected chi connectivity index (χ1v) is 10.8. The fourth-order valence-corrected chi connectivity index (χ4v) is 5.05. The molecule has 5 rings (SSSR count). The van der Waals surface area contributed by atoms with Gasteiger partial charge in [0.05, 0.1) is 18.2 Å². The van der Waals surface area contributed by atoms with Crippen LogP contribution in [0, 0.1) is 0 Å². The number of anilines is 1. The topological polar surface area (TPSA) is 84.1 Å². The smallest absolute Gasteiger partial charge is 0.235 e. The van der Waals surface area contributed by atoms with E-state index in [4.69, 9.17) is 4.74 Å². The molecule has 1 aromatic heterocycles. The number of Topliss-reactive ketones (excluding diaryl/α,β-unsaturated/α-hetero) is 1. The Bertz CT molecular complexity index is 1130. The number of H-pyrrole nitrogens is 1. The molecule has 2 heterocycles. The molecule has 3 aromatic rings. The lowest BCUT2D eigenvalue weighted by molar-refractivity contribution is -0.121. The highest BCUT2D eigenvalue weighted by Gasteiger charge is 2.49. The number of ketones is 1. The summed E-state index contributed by atoms with van der Waals surface area (Å²) in [6, 6.07) is 13.2. The van der Waals surface area contributed by atoms with E-state index in [-0.39, 0.29) is 18.1 Å². The number of nitrogens with zero attached hydrogens (tertiary/aromatic N) is 1. The second kappa shape index (κ2) is 7.69. The van der Waals surface area contributed by atoms with E-state index in [0.29, 0.717) is 5.56 Å². The molecule has 0 radical (unpaired) electrons. The van der Waals surface area contributed by atoms with Crippen LogP contribution >= 0.6 is 0 Å². The summed E-state index contributed by atoms with van der Waals surface area (Å²) >= 11 is 0. The Morgan fingerprint density at radius 3 is 2.55 bits per heavy atom. The molecule has 6 nitrogen and oxygen atoms in total. The van der Waals surface area contributed by atoms with Crippen molar-refractivity contribution in [2.24, 2.45) is 0 Å². The summed E-state index contributed by atoms with van der Waals surface area (Å²) in [6.07, 6.45) is 6.89. The van der Waals surface area contributed by atoms with Crippen molar-refractivity contribution in [1.29, 1.82) is 0 Å². The molecule has 2 aromatic carbocycles. The van der Waals surface area contributed by atoms with Crippen molar-refractivity contribution < 1.29 is 14.3 Å². The average molecular weight is 415 g/mol. The molecule has 1 aliphatic carbocycles. The van der Waals surface area contributed by atoms with Gasteiger partial charge in [-0.15, -0.1) is 0 Å². The molecule has 6 heteroatoms. The van der Waals surface area contributed by atoms with Crippen LogP contribution in [0.1, 0.15) is 53.6 Å². The van der Waals surface area contributed by atoms with Gasteiger partial charge in [-0.2, -0.15) is 5.10 Å². The van der Waals surface area contributed by atoms with Gasteiger partial charge in [0.2, 0.25) is 5.91 Å². The number of amides is 1. The molecule has 1 spiro atoms. The van der Waals surface area contributed by atoms with E-state index >= 15 is 0 Å². The molecule has 0 unspecified atom stereocenters. The summed E-state index contributed by atoms with van der Waals surface area (Å²) in [5.41, 5.74) is 4.50. The predicted octanol–water partition coefficient (Wildman–Crippen LogP) is 4.66. The maximum absolute atomic E-state index is 13.2. The first-order chi connectivity index (χ1) is 15.1. The number of carbonyl (C=O) groups is 2. The van der Waals surface area contributed by atoms with Gasteiger partial charge < -0.3 is 10.1 Å². The number of nitrogens with one attached hydrogen (secondary N) is 2. The van der Waals surface area contributed by atoms with Gasteiger partial charge in [0, 0.05) is 35.0 Å². The molecule has 1 aliphatic heterocycles. The SMILES string of the molecule is COc1ccc(CC(=O)c2cc3c(c(-c4ccn[nH]4)c2)C2(CCCCC2)C(=O)N3)cc1. The number of fused-ring (bicyclic) bond motifs is 2. The van der Waals surface area contributed by atoms with Crippen LogP contribution in [0.15, 0.2) is 48.7 Å². The van der Waals surface area contributed by atoms with E-state index < -0.39 is 5.41 Å². The zero-order valence-corrected chi connectivity index (χ0v) is 17.5. The molecule has 158 valence electrons. The summed E-state index contributed by atoms with van der Waals surface area (Å²) in [7, 11) is 1.62. The molecule has 1 fully saturated rings. The van der Waals surface area contributed by atoms with Crippen LogP contribution in [0.3, 0.4) is 0 Å². The van der Waals surface area contributed by atoms with Crippen molar-refractivity contribution in [2.75, 3.05) is 12.4 Å². The molecular weight excluding hydrogens is 390 g/mol. The minimum Gasteiger partial charge on any atom is -0.497 e. The van der Waals surface area contributed by atoms with Crippen LogP contribution in [-0.2, 0) is 16.6 Å². The van der Waals surface area contributed by atoms with Gasteiger partial charge in [-0.1, -0.05) is 31.4 Å². The second-order valence-corrected chi connectivity index (χ2v) is 8.46. The van der Waals surface area contributed by atoms with Crippen molar-refractivity contribution in [3.05, 3.63) is 65.4 Å². The molecule has 0 bridgehead atoms. The van der Waals surface area contributed by atoms with Gasteiger partial charge in [-0.25, -0.2) is 0 Å². The van der Waals surface area contributed by atoms with E-state index in [9.17, 15) is 9.59 Å². The van der Waals surface area contributed by atoms with E-state index in [0.717, 1.165) is 65.9 Å². The minimum absolute atomic E-state index is 0.00701. The molecule has 31 heavy (non-hydrogen) atoms. The zero-order valence-electron chi connectivity index (χ0n) is 17.5. The lowest BCUT2D eigenvalue weighted by Gasteiger charge is -2.32. The summed E-state index contributed by atoms with van der Waals surface area (Å²) in [5.74, 6) is 0.825. The number of hydrogen-bond donors (Lipinski definition) is 2. The van der Waals surface area contributed by atoms with Gasteiger partial charge in [-0.3, -0.25) is 14.7 Å². The number of hydrogen-bond acceptors (Lipinski definition) is 4. The Hall–Kier alpha value is -3.41. The van der Waals surface area contributed by atoms with E-state index in [2.05, 4.69) is 15.5 Å². The van der Waals surface area contributed by atoms with E-state index in [1.807, 2.05) is 42.5 Å². The Kier molecular flexibility index (Phi) is 4.85. The minimum atomic E-state index is -0.508. The number of methoxy groups -OCH3 is 1. The number of aromatic nitrogens is 2. The molecule has 0 saturated heterocycles. The zero-order chi connectivity index (χ0) is 21.4. The normalized spacial score (nSPS) is 16.7. The number of aromatic amines is 1. The second-order valence-electron chi connectivity index (χ2n) is 8.46. The highest BCUT2D eigenvalue weighted by Crippen LogP contribution is 2.51. The summed E-state index contributed by atoms with van der Waals surface area (Å²) in [4.78, 5) is 26.3. The summed E-state index contributed by atoms with van der Waals surface area (Å²) in [5, 5.41) is 10.2. The first-order valence-electron chi connectivity index (χ1n) is 10.8. The third-order valence-electron chi connectivity index (χ3n) is 6.64. The van der Waals surface area contributed by atoms with Crippen molar-refractivity contribution in [1.82, 2.24) is 10.2 Å². The van der Waals surface area contributed by atoms with Gasteiger partial charge >= 0.3 is 0 Å². The van der Waals surface area contributed by atoms with E-state index in [1.165, 1.54) is 0 Å². The molecule has 1 saturated carbocycles. The lowest BCUT2D eigenvalue weighted by atomic mass is 9.68. The largest absolute Gasteiger partial charge is 0.497 e. The van der Waals surface area contributed by atoms with E-state index in [1.54, 1.807) is 13.3 Å². The van der Waals surface area contributed by atoms with Gasteiger partial charge in [0.15, 0.2) is 5.78 Å². The average Bonchev–Trinajstić information content (AvgIpc) is 3.42. The number of benzene rings is 2. The Morgan fingerprint density at radius 2 is 1.87 bits per heavy atom. The van der Waals surface area contributed by atoms with Crippen LogP contribution in [0.5, 0.6) is 5.75 Å². The number of rotatable bonds is 5. The summed E-state index contributed by atoms with van der Waals surface area (Å²) in [6.45, 7) is 0.